The Kier molecular flexibility index (Phi) is 8.56. The smallest absolute Gasteiger partial charge is 0.238 e. The van der Waals surface area contributed by atoms with Crippen LogP contribution in [0.5, 0.6) is 0 Å². The third-order valence-electron chi connectivity index (χ3n) is 5.96. The number of nitrogens with one attached hydrogen (secondary N) is 2. The molecule has 1 fully saturated rings. The van der Waals surface area contributed by atoms with Crippen LogP contribution >= 0.6 is 58.0 Å². The second kappa shape index (κ2) is 11.5. The molecule has 0 spiro atoms. The van der Waals surface area contributed by atoms with Crippen LogP contribution < -0.4 is 10.6 Å². The highest BCUT2D eigenvalue weighted by Crippen LogP contribution is 2.65. The van der Waals surface area contributed by atoms with Gasteiger partial charge in [-0.05, 0) is 59.7 Å². The molecule has 2 amide bonds. The maximum atomic E-state index is 13.0. The van der Waals surface area contributed by atoms with Gasteiger partial charge in [-0.2, -0.15) is 5.26 Å². The minimum Gasteiger partial charge on any atom is -0.326 e. The lowest BCUT2D eigenvalue weighted by Gasteiger charge is -2.10. The molecule has 6 nitrogen and oxygen atoms in total. The Balaban J connectivity index is 1.44. The zero-order valence-corrected chi connectivity index (χ0v) is 23.2. The number of ketones is 1. The molecule has 2 N–H and O–H groups in total. The first-order valence-electron chi connectivity index (χ1n) is 11.2. The summed E-state index contributed by atoms with van der Waals surface area (Å²) in [5.41, 5.74) is 2.44. The normalized spacial score (nSPS) is 17.3. The van der Waals surface area contributed by atoms with Crippen LogP contribution in [-0.4, -0.2) is 21.9 Å². The van der Waals surface area contributed by atoms with E-state index in [-0.39, 0.29) is 29.2 Å². The van der Waals surface area contributed by atoms with Gasteiger partial charge in [0.15, 0.2) is 5.78 Å². The summed E-state index contributed by atoms with van der Waals surface area (Å²) in [6.45, 7) is 0. The molecule has 194 valence electrons. The van der Waals surface area contributed by atoms with Crippen LogP contribution in [0.25, 0.3) is 0 Å². The fourth-order valence-electron chi connectivity index (χ4n) is 4.12. The second-order valence-electron chi connectivity index (χ2n) is 8.70. The van der Waals surface area contributed by atoms with Crippen molar-refractivity contribution in [3.8, 4) is 6.07 Å². The third-order valence-corrected chi connectivity index (χ3v) is 7.66. The monoisotopic (exact) mass is 607 g/mol. The van der Waals surface area contributed by atoms with E-state index in [0.717, 1.165) is 0 Å². The van der Waals surface area contributed by atoms with Gasteiger partial charge in [0.05, 0.1) is 17.0 Å². The quantitative estimate of drug-likeness (QED) is 0.205. The number of benzene rings is 3. The van der Waals surface area contributed by atoms with Crippen molar-refractivity contribution in [2.45, 2.75) is 23.1 Å². The molecular weight excluding hydrogens is 592 g/mol. The zero-order valence-electron chi connectivity index (χ0n) is 19.4. The fraction of sp³-hybridized carbons (Fsp3) is 0.185. The Labute approximate surface area is 243 Å². The zero-order chi connectivity index (χ0) is 27.6. The van der Waals surface area contributed by atoms with E-state index >= 15 is 0 Å². The molecular formula is C27H18Cl5N3O3. The summed E-state index contributed by atoms with van der Waals surface area (Å²) in [5, 5.41) is 15.0. The Morgan fingerprint density at radius 1 is 0.868 bits per heavy atom. The van der Waals surface area contributed by atoms with Crippen LogP contribution in [0.4, 0.5) is 11.4 Å². The number of amides is 2. The third kappa shape index (κ3) is 6.43. The van der Waals surface area contributed by atoms with Gasteiger partial charge in [-0.25, -0.2) is 0 Å². The largest absolute Gasteiger partial charge is 0.326 e. The van der Waals surface area contributed by atoms with Crippen molar-refractivity contribution in [2.75, 3.05) is 10.6 Å². The highest BCUT2D eigenvalue weighted by molar-refractivity contribution is 6.53. The van der Waals surface area contributed by atoms with E-state index in [1.165, 1.54) is 12.1 Å². The summed E-state index contributed by atoms with van der Waals surface area (Å²) < 4.78 is -1.34. The van der Waals surface area contributed by atoms with E-state index in [0.29, 0.717) is 32.5 Å². The molecule has 11 heteroatoms. The van der Waals surface area contributed by atoms with E-state index in [9.17, 15) is 14.4 Å². The van der Waals surface area contributed by atoms with E-state index in [4.69, 9.17) is 63.3 Å². The molecule has 2 atom stereocenters. The highest BCUT2D eigenvalue weighted by Gasteiger charge is 2.67. The molecule has 0 saturated heterocycles. The van der Waals surface area contributed by atoms with Crippen LogP contribution in [0.3, 0.4) is 0 Å². The number of hydrogen-bond acceptors (Lipinski definition) is 4. The Hall–Kier alpha value is -2.79. The molecule has 1 aliphatic carbocycles. The fourth-order valence-corrected chi connectivity index (χ4v) is 5.72. The number of carbonyl (C=O) groups excluding carboxylic acids is 3. The van der Waals surface area contributed by atoms with Gasteiger partial charge in [-0.15, -0.1) is 23.2 Å². The number of halogens is 5. The summed E-state index contributed by atoms with van der Waals surface area (Å²) in [7, 11) is 0. The van der Waals surface area contributed by atoms with Gasteiger partial charge in [-0.3, -0.25) is 14.4 Å². The first-order valence-corrected chi connectivity index (χ1v) is 13.1. The molecule has 1 saturated carbocycles. The van der Waals surface area contributed by atoms with E-state index < -0.39 is 28.0 Å². The average molecular weight is 610 g/mol. The predicted octanol–water partition coefficient (Wildman–Crippen LogP) is 7.45. The standard InChI is InChI=1S/C27H18Cl5N3O3/c28-16-10-15(11-17(29)12-16)24-25(27(24,31)32)26(38)35-19-5-6-21(30)20(13-19)22(36)9-14-1-3-18(4-2-14)34-23(37)7-8-33/h1-6,10-13,24-25H,7,9H2,(H,34,37)(H,35,38). The minimum absolute atomic E-state index is 0.0379. The maximum absolute atomic E-state index is 13.0. The van der Waals surface area contributed by atoms with Gasteiger partial charge in [0.1, 0.15) is 10.8 Å². The molecule has 3 aromatic carbocycles. The molecule has 0 aromatic heterocycles. The molecule has 1 aliphatic rings. The predicted molar refractivity (Wildman–Crippen MR) is 151 cm³/mol. The van der Waals surface area contributed by atoms with Crippen LogP contribution in [0.2, 0.25) is 15.1 Å². The van der Waals surface area contributed by atoms with E-state index in [1.54, 1.807) is 54.6 Å². The highest BCUT2D eigenvalue weighted by atomic mass is 35.5. The summed E-state index contributed by atoms with van der Waals surface area (Å²) in [4.78, 5) is 37.6. The van der Waals surface area contributed by atoms with Crippen LogP contribution in [0, 0.1) is 17.2 Å². The van der Waals surface area contributed by atoms with Crippen molar-refractivity contribution in [1.82, 2.24) is 0 Å². The number of carbonyl (C=O) groups is 3. The Morgan fingerprint density at radius 2 is 1.50 bits per heavy atom. The van der Waals surface area contributed by atoms with Crippen molar-refractivity contribution >= 4 is 87.0 Å². The topological polar surface area (TPSA) is 99.1 Å². The van der Waals surface area contributed by atoms with Gasteiger partial charge in [0, 0.05) is 39.3 Å². The van der Waals surface area contributed by atoms with Gasteiger partial charge in [-0.1, -0.05) is 46.9 Å². The van der Waals surface area contributed by atoms with Crippen molar-refractivity contribution in [3.05, 3.63) is 92.4 Å². The minimum atomic E-state index is -1.34. The summed E-state index contributed by atoms with van der Waals surface area (Å²) >= 11 is 31.3. The Bertz CT molecular complexity index is 1450. The average Bonchev–Trinajstić information content (AvgIpc) is 3.43. The summed E-state index contributed by atoms with van der Waals surface area (Å²) in [5.74, 6) is -2.39. The number of hydrogen-bond donors (Lipinski definition) is 2. The maximum Gasteiger partial charge on any atom is 0.238 e. The number of anilines is 2. The molecule has 3 aromatic rings. The molecule has 0 bridgehead atoms. The van der Waals surface area contributed by atoms with Crippen molar-refractivity contribution in [2.24, 2.45) is 5.92 Å². The molecule has 0 heterocycles. The van der Waals surface area contributed by atoms with Gasteiger partial charge >= 0.3 is 0 Å². The number of nitriles is 1. The van der Waals surface area contributed by atoms with Crippen LogP contribution in [-0.2, 0) is 16.0 Å². The number of rotatable bonds is 8. The van der Waals surface area contributed by atoms with Gasteiger partial charge in [0.25, 0.3) is 0 Å². The first kappa shape index (κ1) is 28.2. The lowest BCUT2D eigenvalue weighted by Crippen LogP contribution is -2.17. The Morgan fingerprint density at radius 3 is 2.13 bits per heavy atom. The first-order chi connectivity index (χ1) is 18.0. The van der Waals surface area contributed by atoms with E-state index in [1.807, 2.05) is 0 Å². The van der Waals surface area contributed by atoms with Crippen LogP contribution in [0.1, 0.15) is 33.8 Å². The lowest BCUT2D eigenvalue weighted by atomic mass is 10.0. The number of alkyl halides is 2. The molecule has 0 aliphatic heterocycles. The van der Waals surface area contributed by atoms with Crippen LogP contribution in [0.15, 0.2) is 60.7 Å². The van der Waals surface area contributed by atoms with Crippen molar-refractivity contribution in [1.29, 1.82) is 5.26 Å². The molecule has 38 heavy (non-hydrogen) atoms. The van der Waals surface area contributed by atoms with Crippen molar-refractivity contribution in [3.63, 3.8) is 0 Å². The second-order valence-corrected chi connectivity index (χ2v) is 11.4. The number of nitrogens with zero attached hydrogens (tertiary/aromatic N) is 1. The number of Topliss-reactive ketones (excluding diaryl/α,β-unsaturated/α-hetero) is 1. The van der Waals surface area contributed by atoms with E-state index in [2.05, 4.69) is 10.6 Å². The van der Waals surface area contributed by atoms with Gasteiger partial charge in [0.2, 0.25) is 11.8 Å². The summed E-state index contributed by atoms with van der Waals surface area (Å²) in [6.07, 6.45) is -0.213. The molecule has 0 radical (unpaired) electrons. The van der Waals surface area contributed by atoms with Crippen molar-refractivity contribution < 1.29 is 14.4 Å². The molecule has 2 unspecified atom stereocenters. The molecule has 4 rings (SSSR count). The summed E-state index contributed by atoms with van der Waals surface area (Å²) in [6, 6.07) is 17.9. The SMILES string of the molecule is N#CCC(=O)Nc1ccc(CC(=O)c2cc(NC(=O)C3C(c4cc(Cl)cc(Cl)c4)C3(Cl)Cl)ccc2Cl)cc1. The van der Waals surface area contributed by atoms with Gasteiger partial charge < -0.3 is 10.6 Å². The lowest BCUT2D eigenvalue weighted by molar-refractivity contribution is -0.117.